The van der Waals surface area contributed by atoms with Crippen molar-refractivity contribution in [1.82, 2.24) is 19.5 Å². The number of piperidine rings is 1. The summed E-state index contributed by atoms with van der Waals surface area (Å²) in [4.78, 5) is 18.5. The number of carbonyl (C=O) groups is 1. The molecule has 1 saturated carbocycles. The first kappa shape index (κ1) is 11.0. The maximum absolute atomic E-state index is 12.4. The molecule has 2 atom stereocenters. The molecule has 2 fully saturated rings. The normalized spacial score (nSPS) is 27.6. The fourth-order valence-electron chi connectivity index (χ4n) is 3.39. The number of hydrogen-bond acceptors (Lipinski definition) is 3. The molecule has 1 amide bonds. The van der Waals surface area contributed by atoms with Gasteiger partial charge in [0.05, 0.1) is 0 Å². The Kier molecular flexibility index (Phi) is 1.93. The highest BCUT2D eigenvalue weighted by molar-refractivity contribution is 5.92. The first-order valence-corrected chi connectivity index (χ1v) is 6.67. The van der Waals surface area contributed by atoms with Crippen LogP contribution >= 0.6 is 0 Å². The van der Waals surface area contributed by atoms with Crippen molar-refractivity contribution < 1.29 is 4.79 Å². The minimum absolute atomic E-state index is 0.0404. The second-order valence-electron chi connectivity index (χ2n) is 6.19. The molecule has 0 aromatic carbocycles. The summed E-state index contributed by atoms with van der Waals surface area (Å²) >= 11 is 0. The van der Waals surface area contributed by atoms with E-state index in [-0.39, 0.29) is 5.91 Å². The van der Waals surface area contributed by atoms with Crippen molar-refractivity contribution in [2.75, 3.05) is 13.1 Å². The molecule has 2 unspecified atom stereocenters. The monoisotopic (exact) mass is 256 g/mol. The van der Waals surface area contributed by atoms with Gasteiger partial charge >= 0.3 is 0 Å². The van der Waals surface area contributed by atoms with Gasteiger partial charge in [0.1, 0.15) is 5.69 Å². The van der Waals surface area contributed by atoms with Crippen LogP contribution in [0.15, 0.2) is 24.5 Å². The van der Waals surface area contributed by atoms with Crippen LogP contribution in [-0.2, 0) is 0 Å². The minimum Gasteiger partial charge on any atom is -0.337 e. The molecule has 5 nitrogen and oxygen atoms in total. The summed E-state index contributed by atoms with van der Waals surface area (Å²) in [6.45, 7) is 6.33. The van der Waals surface area contributed by atoms with Gasteiger partial charge in [0.15, 0.2) is 5.65 Å². The molecule has 0 N–H and O–H groups in total. The average Bonchev–Trinajstić information content (AvgIpc) is 2.91. The number of likely N-dealkylation sites (tertiary alicyclic amines) is 1. The summed E-state index contributed by atoms with van der Waals surface area (Å²) in [6.07, 6.45) is 3.45. The zero-order valence-corrected chi connectivity index (χ0v) is 11.1. The SMILES string of the molecule is CC1(C)C2CN(C(=O)c3ccc4nccn4n3)CC21. The van der Waals surface area contributed by atoms with Crippen molar-refractivity contribution in [3.63, 3.8) is 0 Å². The Balaban J connectivity index is 1.58. The van der Waals surface area contributed by atoms with Crippen LogP contribution in [0.4, 0.5) is 0 Å². The topological polar surface area (TPSA) is 50.5 Å². The van der Waals surface area contributed by atoms with Gasteiger partial charge in [0.25, 0.3) is 5.91 Å². The molecule has 4 rings (SSSR count). The molecule has 3 heterocycles. The zero-order chi connectivity index (χ0) is 13.2. The van der Waals surface area contributed by atoms with Crippen molar-refractivity contribution >= 4 is 11.6 Å². The van der Waals surface area contributed by atoms with Gasteiger partial charge in [0.2, 0.25) is 0 Å². The van der Waals surface area contributed by atoms with Crippen molar-refractivity contribution in [2.45, 2.75) is 13.8 Å². The lowest BCUT2D eigenvalue weighted by Gasteiger charge is -2.21. The van der Waals surface area contributed by atoms with Crippen LogP contribution in [0.2, 0.25) is 0 Å². The Bertz CT molecular complexity index is 661. The third kappa shape index (κ3) is 1.44. The number of carbonyl (C=O) groups excluding carboxylic acids is 1. The fourth-order valence-corrected chi connectivity index (χ4v) is 3.39. The molecule has 1 saturated heterocycles. The van der Waals surface area contributed by atoms with Crippen molar-refractivity contribution in [3.8, 4) is 0 Å². The van der Waals surface area contributed by atoms with Crippen LogP contribution in [0.25, 0.3) is 5.65 Å². The second kappa shape index (κ2) is 3.35. The van der Waals surface area contributed by atoms with Gasteiger partial charge in [-0.1, -0.05) is 13.8 Å². The molecule has 2 aromatic heterocycles. The van der Waals surface area contributed by atoms with Crippen LogP contribution in [0, 0.1) is 17.3 Å². The predicted molar refractivity (Wildman–Crippen MR) is 69.7 cm³/mol. The summed E-state index contributed by atoms with van der Waals surface area (Å²) in [5, 5.41) is 4.32. The summed E-state index contributed by atoms with van der Waals surface area (Å²) in [5.41, 5.74) is 1.70. The lowest BCUT2D eigenvalue weighted by atomic mass is 10.1. The molecule has 1 aliphatic carbocycles. The van der Waals surface area contributed by atoms with E-state index in [1.54, 1.807) is 23.0 Å². The van der Waals surface area contributed by atoms with E-state index in [9.17, 15) is 4.79 Å². The Morgan fingerprint density at radius 3 is 2.79 bits per heavy atom. The average molecular weight is 256 g/mol. The van der Waals surface area contributed by atoms with Gasteiger partial charge in [-0.3, -0.25) is 4.79 Å². The Morgan fingerprint density at radius 1 is 1.32 bits per heavy atom. The molecule has 19 heavy (non-hydrogen) atoms. The first-order chi connectivity index (χ1) is 9.07. The van der Waals surface area contributed by atoms with E-state index in [1.807, 2.05) is 11.0 Å². The number of amides is 1. The van der Waals surface area contributed by atoms with E-state index < -0.39 is 0 Å². The summed E-state index contributed by atoms with van der Waals surface area (Å²) in [6, 6.07) is 3.60. The smallest absolute Gasteiger partial charge is 0.274 e. The second-order valence-corrected chi connectivity index (χ2v) is 6.19. The number of fused-ring (bicyclic) bond motifs is 2. The highest BCUT2D eigenvalue weighted by Gasteiger charge is 2.62. The number of rotatable bonds is 1. The van der Waals surface area contributed by atoms with E-state index >= 15 is 0 Å². The van der Waals surface area contributed by atoms with Crippen molar-refractivity contribution in [1.29, 1.82) is 0 Å². The van der Waals surface area contributed by atoms with Crippen LogP contribution in [0.1, 0.15) is 24.3 Å². The summed E-state index contributed by atoms with van der Waals surface area (Å²) < 4.78 is 1.65. The van der Waals surface area contributed by atoms with Gasteiger partial charge < -0.3 is 4.90 Å². The fraction of sp³-hybridized carbons (Fsp3) is 0.500. The molecule has 1 aliphatic heterocycles. The number of aromatic nitrogens is 3. The standard InChI is InChI=1S/C14H16N4O/c1-14(2)9-7-17(8-10(9)14)13(19)11-3-4-12-15-5-6-18(12)16-11/h3-6,9-10H,7-8H2,1-2H3. The molecular formula is C14H16N4O. The van der Waals surface area contributed by atoms with Crippen molar-refractivity contribution in [2.24, 2.45) is 17.3 Å². The zero-order valence-electron chi connectivity index (χ0n) is 11.1. The maximum atomic E-state index is 12.4. The molecule has 98 valence electrons. The van der Waals surface area contributed by atoms with Gasteiger partial charge in [-0.15, -0.1) is 0 Å². The van der Waals surface area contributed by atoms with Crippen LogP contribution in [0.3, 0.4) is 0 Å². The highest BCUT2D eigenvalue weighted by atomic mass is 16.2. The van der Waals surface area contributed by atoms with Gasteiger partial charge in [-0.05, 0) is 29.4 Å². The summed E-state index contributed by atoms with van der Waals surface area (Å²) in [5.74, 6) is 1.39. The highest BCUT2D eigenvalue weighted by Crippen LogP contribution is 2.61. The number of imidazole rings is 1. The van der Waals surface area contributed by atoms with E-state index in [1.165, 1.54) is 0 Å². The Labute approximate surface area is 111 Å². The predicted octanol–water partition coefficient (Wildman–Crippen LogP) is 1.46. The largest absolute Gasteiger partial charge is 0.337 e. The minimum atomic E-state index is 0.0404. The first-order valence-electron chi connectivity index (χ1n) is 6.67. The Morgan fingerprint density at radius 2 is 2.05 bits per heavy atom. The molecule has 0 spiro atoms. The number of hydrogen-bond donors (Lipinski definition) is 0. The van der Waals surface area contributed by atoms with Gasteiger partial charge in [-0.2, -0.15) is 5.10 Å². The molecular weight excluding hydrogens is 240 g/mol. The van der Waals surface area contributed by atoms with E-state index in [0.29, 0.717) is 22.9 Å². The molecule has 2 aromatic rings. The van der Waals surface area contributed by atoms with Crippen LogP contribution in [0.5, 0.6) is 0 Å². The lowest BCUT2D eigenvalue weighted by molar-refractivity contribution is 0.0750. The third-order valence-corrected chi connectivity index (χ3v) is 4.88. The van der Waals surface area contributed by atoms with E-state index in [4.69, 9.17) is 0 Å². The van der Waals surface area contributed by atoms with Crippen LogP contribution in [-0.4, -0.2) is 38.5 Å². The summed E-state index contributed by atoms with van der Waals surface area (Å²) in [7, 11) is 0. The van der Waals surface area contributed by atoms with E-state index in [0.717, 1.165) is 18.7 Å². The Hall–Kier alpha value is -1.91. The molecule has 0 bridgehead atoms. The van der Waals surface area contributed by atoms with Crippen LogP contribution < -0.4 is 0 Å². The molecule has 2 aliphatic rings. The quantitative estimate of drug-likeness (QED) is 0.776. The molecule has 0 radical (unpaired) electrons. The third-order valence-electron chi connectivity index (χ3n) is 4.88. The van der Waals surface area contributed by atoms with Crippen molar-refractivity contribution in [3.05, 3.63) is 30.2 Å². The lowest BCUT2D eigenvalue weighted by Crippen LogP contribution is -2.33. The maximum Gasteiger partial charge on any atom is 0.274 e. The van der Waals surface area contributed by atoms with Gasteiger partial charge in [0, 0.05) is 25.5 Å². The van der Waals surface area contributed by atoms with E-state index in [2.05, 4.69) is 23.9 Å². The van der Waals surface area contributed by atoms with Gasteiger partial charge in [-0.25, -0.2) is 9.50 Å². The molecule has 5 heteroatoms. The number of nitrogens with zero attached hydrogens (tertiary/aromatic N) is 4.